The number of nitrogens with zero attached hydrogens (tertiary/aromatic N) is 1. The maximum absolute atomic E-state index is 2.53. The highest BCUT2D eigenvalue weighted by Gasteiger charge is 2.36. The zero-order chi connectivity index (χ0) is 32.7. The lowest BCUT2D eigenvalue weighted by Gasteiger charge is -2.35. The smallest absolute Gasteiger partial charge is 0.0619 e. The van der Waals surface area contributed by atoms with Gasteiger partial charge in [-0.3, -0.25) is 0 Å². The number of hydrogen-bond donors (Lipinski definition) is 0. The first-order chi connectivity index (χ1) is 24.1. The molecule has 1 heteroatoms. The van der Waals surface area contributed by atoms with Crippen LogP contribution in [0, 0.1) is 0 Å². The molecule has 0 atom stereocenters. The van der Waals surface area contributed by atoms with Crippen LogP contribution in [0.15, 0.2) is 164 Å². The molecule has 0 saturated heterocycles. The average Bonchev–Trinajstić information content (AvgIpc) is 3.38. The Balaban J connectivity index is 1.32. The van der Waals surface area contributed by atoms with Crippen molar-refractivity contribution in [3.05, 3.63) is 186 Å². The second-order valence-electron chi connectivity index (χ2n) is 14.1. The lowest BCUT2D eigenvalue weighted by molar-refractivity contribution is 0.660. The van der Waals surface area contributed by atoms with E-state index in [1.165, 1.54) is 94.2 Å². The predicted molar refractivity (Wildman–Crippen MR) is 207 cm³/mol. The van der Waals surface area contributed by atoms with Crippen molar-refractivity contribution in [3.63, 3.8) is 0 Å². The van der Waals surface area contributed by atoms with Crippen molar-refractivity contribution in [2.24, 2.45) is 0 Å². The van der Waals surface area contributed by atoms with Crippen LogP contribution in [0.25, 0.3) is 54.9 Å². The van der Waals surface area contributed by atoms with Gasteiger partial charge in [-0.25, -0.2) is 0 Å². The molecule has 0 N–H and O–H groups in total. The highest BCUT2D eigenvalue weighted by Crippen LogP contribution is 2.54. The summed E-state index contributed by atoms with van der Waals surface area (Å²) in [5, 5.41) is 5.04. The molecule has 1 aliphatic heterocycles. The van der Waals surface area contributed by atoms with Crippen molar-refractivity contribution in [2.45, 2.75) is 25.7 Å². The van der Waals surface area contributed by atoms with Gasteiger partial charge in [-0.1, -0.05) is 153 Å². The zero-order valence-corrected chi connectivity index (χ0v) is 27.7. The van der Waals surface area contributed by atoms with E-state index in [-0.39, 0.29) is 5.41 Å². The van der Waals surface area contributed by atoms with Gasteiger partial charge in [0.1, 0.15) is 0 Å². The van der Waals surface area contributed by atoms with Crippen LogP contribution in [-0.4, -0.2) is 0 Å². The number of fused-ring (bicyclic) bond motifs is 7. The van der Waals surface area contributed by atoms with Crippen molar-refractivity contribution >= 4 is 38.6 Å². The zero-order valence-electron chi connectivity index (χ0n) is 27.7. The van der Waals surface area contributed by atoms with Crippen molar-refractivity contribution in [2.75, 3.05) is 4.90 Å². The number of anilines is 3. The molecule has 0 aromatic heterocycles. The molecular formula is C48H35N. The summed E-state index contributed by atoms with van der Waals surface area (Å²) in [5.74, 6) is 0. The van der Waals surface area contributed by atoms with Gasteiger partial charge in [-0.2, -0.15) is 0 Å². The summed E-state index contributed by atoms with van der Waals surface area (Å²) in [7, 11) is 0. The van der Waals surface area contributed by atoms with E-state index in [0.29, 0.717) is 0 Å². The fourth-order valence-electron chi connectivity index (χ4n) is 8.71. The van der Waals surface area contributed by atoms with Gasteiger partial charge in [0.25, 0.3) is 0 Å². The molecule has 0 bridgehead atoms. The molecule has 0 radical (unpaired) electrons. The van der Waals surface area contributed by atoms with Gasteiger partial charge in [0.2, 0.25) is 0 Å². The summed E-state index contributed by atoms with van der Waals surface area (Å²) in [6, 6.07) is 60.9. The Hall–Kier alpha value is -5.92. The fraction of sp³-hybridized carbons (Fsp3) is 0.0833. The van der Waals surface area contributed by atoms with E-state index >= 15 is 0 Å². The molecule has 0 spiro atoms. The summed E-state index contributed by atoms with van der Waals surface area (Å²) in [4.78, 5) is 2.53. The summed E-state index contributed by atoms with van der Waals surface area (Å²) in [6.07, 6.45) is 0.933. The number of para-hydroxylation sites is 2. The molecule has 1 heterocycles. The molecule has 0 saturated carbocycles. The normalized spacial score (nSPS) is 14.0. The van der Waals surface area contributed by atoms with Crippen LogP contribution in [0.1, 0.15) is 36.1 Å². The summed E-state index contributed by atoms with van der Waals surface area (Å²) in [6.45, 7) is 4.75. The lowest BCUT2D eigenvalue weighted by atomic mass is 9.80. The molecule has 8 aromatic carbocycles. The Labute approximate surface area is 287 Å². The monoisotopic (exact) mass is 625 g/mol. The Morgan fingerprint density at radius 2 is 1.02 bits per heavy atom. The van der Waals surface area contributed by atoms with Gasteiger partial charge < -0.3 is 4.90 Å². The highest BCUT2D eigenvalue weighted by atomic mass is 15.2. The Morgan fingerprint density at radius 3 is 1.80 bits per heavy atom. The fourth-order valence-corrected chi connectivity index (χ4v) is 8.71. The van der Waals surface area contributed by atoms with E-state index in [4.69, 9.17) is 0 Å². The van der Waals surface area contributed by atoms with Gasteiger partial charge in [0.15, 0.2) is 0 Å². The molecule has 0 unspecified atom stereocenters. The number of rotatable bonds is 3. The number of hydrogen-bond acceptors (Lipinski definition) is 1. The van der Waals surface area contributed by atoms with Crippen LogP contribution in [0.2, 0.25) is 0 Å². The third-order valence-electron chi connectivity index (χ3n) is 11.0. The Kier molecular flexibility index (Phi) is 6.05. The molecule has 0 amide bonds. The summed E-state index contributed by atoms with van der Waals surface area (Å²) < 4.78 is 0. The maximum Gasteiger partial charge on any atom is 0.0619 e. The van der Waals surface area contributed by atoms with Gasteiger partial charge in [0.05, 0.1) is 5.69 Å². The largest absolute Gasteiger partial charge is 0.309 e. The first-order valence-electron chi connectivity index (χ1n) is 17.3. The van der Waals surface area contributed by atoms with Crippen molar-refractivity contribution in [1.82, 2.24) is 0 Å². The third-order valence-corrected chi connectivity index (χ3v) is 11.0. The molecular weight excluding hydrogens is 591 g/mol. The van der Waals surface area contributed by atoms with Crippen molar-refractivity contribution in [1.29, 1.82) is 0 Å². The van der Waals surface area contributed by atoms with E-state index in [0.717, 1.165) is 6.42 Å². The van der Waals surface area contributed by atoms with Crippen LogP contribution in [-0.2, 0) is 11.8 Å². The molecule has 8 aromatic rings. The minimum atomic E-state index is -0.0795. The molecule has 232 valence electrons. The van der Waals surface area contributed by atoms with Gasteiger partial charge in [0, 0.05) is 34.0 Å². The maximum atomic E-state index is 2.53. The molecule has 1 aliphatic carbocycles. The van der Waals surface area contributed by atoms with Crippen LogP contribution < -0.4 is 4.90 Å². The molecule has 2 aliphatic rings. The second-order valence-corrected chi connectivity index (χ2v) is 14.1. The quantitative estimate of drug-likeness (QED) is 0.177. The third kappa shape index (κ3) is 4.12. The average molecular weight is 626 g/mol. The molecule has 49 heavy (non-hydrogen) atoms. The van der Waals surface area contributed by atoms with Crippen LogP contribution in [0.3, 0.4) is 0 Å². The van der Waals surface area contributed by atoms with Gasteiger partial charge in [-0.15, -0.1) is 0 Å². The standard InChI is InChI=1S/C48H35N/c1-48(2)42-21-11-10-18-36(42)37-26-25-35(30-43(37)48)46-38-19-8-9-20-39(38)47(40-27-24-32(29-41(40)46)31-14-4-3-5-15-31)49-44-22-12-6-16-33(44)28-34-17-7-13-23-45(34)49/h3-27,29-30H,28H2,1-2H3. The minimum Gasteiger partial charge on any atom is -0.309 e. The van der Waals surface area contributed by atoms with Crippen LogP contribution in [0.4, 0.5) is 17.1 Å². The first kappa shape index (κ1) is 28.1. The van der Waals surface area contributed by atoms with Crippen molar-refractivity contribution < 1.29 is 0 Å². The topological polar surface area (TPSA) is 3.24 Å². The predicted octanol–water partition coefficient (Wildman–Crippen LogP) is 13.0. The van der Waals surface area contributed by atoms with E-state index in [2.05, 4.69) is 183 Å². The SMILES string of the molecule is CC1(C)c2ccccc2-c2ccc(-c3c4ccccc4c(N4c5ccccc5Cc5ccccc54)c4ccc(-c5ccccc5)cc34)cc21. The molecule has 0 fully saturated rings. The summed E-state index contributed by atoms with van der Waals surface area (Å²) in [5.41, 5.74) is 16.9. The molecule has 10 rings (SSSR count). The van der Waals surface area contributed by atoms with E-state index < -0.39 is 0 Å². The van der Waals surface area contributed by atoms with Gasteiger partial charge in [-0.05, 0) is 90.7 Å². The van der Waals surface area contributed by atoms with E-state index in [1.54, 1.807) is 0 Å². The minimum absolute atomic E-state index is 0.0795. The van der Waals surface area contributed by atoms with Crippen LogP contribution in [0.5, 0.6) is 0 Å². The Bertz CT molecular complexity index is 2560. The number of benzene rings is 8. The lowest BCUT2D eigenvalue weighted by Crippen LogP contribution is -2.19. The second kappa shape index (κ2) is 10.5. The Morgan fingerprint density at radius 1 is 0.429 bits per heavy atom. The van der Waals surface area contributed by atoms with Gasteiger partial charge >= 0.3 is 0 Å². The summed E-state index contributed by atoms with van der Waals surface area (Å²) >= 11 is 0. The molecule has 1 nitrogen and oxygen atoms in total. The highest BCUT2D eigenvalue weighted by molar-refractivity contribution is 6.23. The van der Waals surface area contributed by atoms with E-state index in [9.17, 15) is 0 Å². The van der Waals surface area contributed by atoms with Crippen molar-refractivity contribution in [3.8, 4) is 33.4 Å². The first-order valence-corrected chi connectivity index (χ1v) is 17.3. The van der Waals surface area contributed by atoms with E-state index in [1.807, 2.05) is 0 Å². The van der Waals surface area contributed by atoms with Crippen LogP contribution >= 0.6 is 0 Å².